The molecule has 0 aliphatic carbocycles. The van der Waals surface area contributed by atoms with Crippen molar-refractivity contribution in [1.29, 1.82) is 0 Å². The van der Waals surface area contributed by atoms with Crippen molar-refractivity contribution in [1.82, 2.24) is 9.97 Å². The molecule has 0 radical (unpaired) electrons. The van der Waals surface area contributed by atoms with E-state index in [0.717, 1.165) is 11.3 Å². The summed E-state index contributed by atoms with van der Waals surface area (Å²) in [6.45, 7) is 1.74. The van der Waals surface area contributed by atoms with E-state index < -0.39 is 23.4 Å². The summed E-state index contributed by atoms with van der Waals surface area (Å²) in [7, 11) is 0. The molecule has 0 aliphatic heterocycles. The molecule has 0 unspecified atom stereocenters. The van der Waals surface area contributed by atoms with Crippen molar-refractivity contribution < 1.29 is 23.1 Å². The van der Waals surface area contributed by atoms with Gasteiger partial charge in [0, 0.05) is 24.4 Å². The maximum Gasteiger partial charge on any atom is 0.307 e. The average molecular weight is 352 g/mol. The van der Waals surface area contributed by atoms with E-state index in [4.69, 9.17) is 5.11 Å². The van der Waals surface area contributed by atoms with Crippen molar-refractivity contribution in [3.05, 3.63) is 57.6 Å². The molecule has 1 N–H and O–H groups in total. The highest BCUT2D eigenvalue weighted by Gasteiger charge is 2.18. The van der Waals surface area contributed by atoms with E-state index >= 15 is 0 Å². The summed E-state index contributed by atoms with van der Waals surface area (Å²) < 4.78 is 40.7. The van der Waals surface area contributed by atoms with Gasteiger partial charge in [0.05, 0.1) is 16.1 Å². The summed E-state index contributed by atoms with van der Waals surface area (Å²) in [4.78, 5) is 18.9. The molecular formula is C16H11F3N2O2S. The number of rotatable bonds is 4. The number of carboxylic acids is 1. The van der Waals surface area contributed by atoms with Crippen LogP contribution in [0.5, 0.6) is 0 Å². The largest absolute Gasteiger partial charge is 0.481 e. The lowest BCUT2D eigenvalue weighted by molar-refractivity contribution is -0.136. The molecular weight excluding hydrogens is 341 g/mol. The molecule has 8 heteroatoms. The predicted molar refractivity (Wildman–Crippen MR) is 82.6 cm³/mol. The van der Waals surface area contributed by atoms with Gasteiger partial charge in [0.15, 0.2) is 11.6 Å². The van der Waals surface area contributed by atoms with Crippen LogP contribution in [0.25, 0.3) is 10.2 Å². The Morgan fingerprint density at radius 1 is 1.25 bits per heavy atom. The quantitative estimate of drug-likeness (QED) is 0.728. The molecule has 0 fully saturated rings. The standard InChI is InChI=1S/C16H11F3N2O2S/c1-7-9(2-8(6-20-7)3-13(22)23)4-12-21-15-14(19)10(17)5-11(18)16(15)24-12/h2,5-6H,3-4H2,1H3,(H,22,23). The van der Waals surface area contributed by atoms with Gasteiger partial charge in [-0.2, -0.15) is 0 Å². The predicted octanol–water partition coefficient (Wildman–Crippen LogP) is 3.63. The van der Waals surface area contributed by atoms with E-state index in [-0.39, 0.29) is 23.1 Å². The zero-order valence-electron chi connectivity index (χ0n) is 12.4. The number of aromatic nitrogens is 2. The van der Waals surface area contributed by atoms with Gasteiger partial charge >= 0.3 is 5.97 Å². The Kier molecular flexibility index (Phi) is 4.23. The van der Waals surface area contributed by atoms with Gasteiger partial charge in [0.1, 0.15) is 11.3 Å². The lowest BCUT2D eigenvalue weighted by Crippen LogP contribution is -2.03. The first-order chi connectivity index (χ1) is 11.3. The van der Waals surface area contributed by atoms with Crippen LogP contribution >= 0.6 is 11.3 Å². The Labute approximate surface area is 138 Å². The van der Waals surface area contributed by atoms with Gasteiger partial charge in [-0.3, -0.25) is 9.78 Å². The molecule has 0 bridgehead atoms. The minimum atomic E-state index is -1.28. The third-order valence-electron chi connectivity index (χ3n) is 3.50. The van der Waals surface area contributed by atoms with E-state index in [1.165, 1.54) is 6.20 Å². The number of thiazole rings is 1. The number of nitrogens with zero attached hydrogens (tertiary/aromatic N) is 2. The average Bonchev–Trinajstić information content (AvgIpc) is 2.92. The van der Waals surface area contributed by atoms with Crippen LogP contribution in [0.2, 0.25) is 0 Å². The Hall–Kier alpha value is -2.48. The minimum Gasteiger partial charge on any atom is -0.481 e. The lowest BCUT2D eigenvalue weighted by Gasteiger charge is -2.05. The molecule has 3 aromatic rings. The fraction of sp³-hybridized carbons (Fsp3) is 0.188. The fourth-order valence-electron chi connectivity index (χ4n) is 2.35. The number of hydrogen-bond acceptors (Lipinski definition) is 4. The Morgan fingerprint density at radius 2 is 2.00 bits per heavy atom. The molecule has 0 saturated heterocycles. The smallest absolute Gasteiger partial charge is 0.307 e. The molecule has 1 aromatic carbocycles. The molecule has 124 valence electrons. The molecule has 0 spiro atoms. The summed E-state index contributed by atoms with van der Waals surface area (Å²) in [5, 5.41) is 9.24. The van der Waals surface area contributed by atoms with Crippen LogP contribution < -0.4 is 0 Å². The number of benzene rings is 1. The molecule has 0 atom stereocenters. The number of aryl methyl sites for hydroxylation is 1. The third kappa shape index (κ3) is 3.09. The van der Waals surface area contributed by atoms with Gasteiger partial charge in [0.25, 0.3) is 0 Å². The van der Waals surface area contributed by atoms with Gasteiger partial charge in [-0.1, -0.05) is 6.07 Å². The molecule has 0 aliphatic rings. The summed E-state index contributed by atoms with van der Waals surface area (Å²) >= 11 is 0.933. The van der Waals surface area contributed by atoms with Crippen LogP contribution in [0.1, 0.15) is 21.8 Å². The van der Waals surface area contributed by atoms with Gasteiger partial charge in [-0.05, 0) is 18.1 Å². The van der Waals surface area contributed by atoms with E-state index in [1.807, 2.05) is 0 Å². The first-order valence-electron chi connectivity index (χ1n) is 6.94. The Bertz CT molecular complexity index is 956. The summed E-state index contributed by atoms with van der Waals surface area (Å²) in [5.74, 6) is -4.30. The van der Waals surface area contributed by atoms with Crippen LogP contribution in [-0.2, 0) is 17.6 Å². The third-order valence-corrected chi connectivity index (χ3v) is 4.57. The number of carbonyl (C=O) groups is 1. The number of fused-ring (bicyclic) bond motifs is 1. The summed E-state index contributed by atoms with van der Waals surface area (Å²) in [6.07, 6.45) is 1.53. The van der Waals surface area contributed by atoms with E-state index in [9.17, 15) is 18.0 Å². The SMILES string of the molecule is Cc1ncc(CC(=O)O)cc1Cc1nc2c(F)c(F)cc(F)c2s1. The second-order valence-corrected chi connectivity index (χ2v) is 6.36. The van der Waals surface area contributed by atoms with Crippen LogP contribution in [0.3, 0.4) is 0 Å². The highest BCUT2D eigenvalue weighted by molar-refractivity contribution is 7.18. The topological polar surface area (TPSA) is 63.1 Å². The highest BCUT2D eigenvalue weighted by atomic mass is 32.1. The van der Waals surface area contributed by atoms with E-state index in [1.54, 1.807) is 13.0 Å². The fourth-order valence-corrected chi connectivity index (χ4v) is 3.33. The zero-order valence-corrected chi connectivity index (χ0v) is 13.3. The highest BCUT2D eigenvalue weighted by Crippen LogP contribution is 2.30. The van der Waals surface area contributed by atoms with Crippen LogP contribution in [0.15, 0.2) is 18.3 Å². The number of halogens is 3. The molecule has 0 saturated carbocycles. The number of carboxylic acid groups (broad SMARTS) is 1. The van der Waals surface area contributed by atoms with Gasteiger partial charge in [-0.25, -0.2) is 18.2 Å². The minimum absolute atomic E-state index is 0.0452. The van der Waals surface area contributed by atoms with Crippen molar-refractivity contribution >= 4 is 27.5 Å². The summed E-state index contributed by atoms with van der Waals surface area (Å²) in [5.41, 5.74) is 1.55. The molecule has 2 heterocycles. The van der Waals surface area contributed by atoms with Crippen LogP contribution in [0, 0.1) is 24.4 Å². The monoisotopic (exact) mass is 352 g/mol. The molecule has 3 rings (SSSR count). The number of pyridine rings is 1. The molecule has 0 amide bonds. The van der Waals surface area contributed by atoms with Crippen LogP contribution in [0.4, 0.5) is 13.2 Å². The van der Waals surface area contributed by atoms with Crippen LogP contribution in [-0.4, -0.2) is 21.0 Å². The Morgan fingerprint density at radius 3 is 2.71 bits per heavy atom. The van der Waals surface area contributed by atoms with Crippen molar-refractivity contribution in [3.63, 3.8) is 0 Å². The first-order valence-corrected chi connectivity index (χ1v) is 7.76. The van der Waals surface area contributed by atoms with Gasteiger partial charge in [0.2, 0.25) is 0 Å². The lowest BCUT2D eigenvalue weighted by atomic mass is 10.1. The summed E-state index contributed by atoms with van der Waals surface area (Å²) in [6, 6.07) is 2.18. The molecule has 4 nitrogen and oxygen atoms in total. The number of aliphatic carboxylic acids is 1. The molecule has 24 heavy (non-hydrogen) atoms. The Balaban J connectivity index is 1.99. The first kappa shape index (κ1) is 16.4. The molecule has 2 aromatic heterocycles. The van der Waals surface area contributed by atoms with Crippen molar-refractivity contribution in [3.8, 4) is 0 Å². The zero-order chi connectivity index (χ0) is 17.4. The normalized spacial score (nSPS) is 11.2. The number of hydrogen-bond donors (Lipinski definition) is 1. The maximum absolute atomic E-state index is 13.8. The second-order valence-electron chi connectivity index (χ2n) is 5.27. The second kappa shape index (κ2) is 6.20. The maximum atomic E-state index is 13.8. The van der Waals surface area contributed by atoms with Crippen molar-refractivity contribution in [2.24, 2.45) is 0 Å². The van der Waals surface area contributed by atoms with E-state index in [0.29, 0.717) is 27.9 Å². The van der Waals surface area contributed by atoms with Crippen molar-refractivity contribution in [2.75, 3.05) is 0 Å². The van der Waals surface area contributed by atoms with Gasteiger partial charge in [-0.15, -0.1) is 11.3 Å². The van der Waals surface area contributed by atoms with Crippen molar-refractivity contribution in [2.45, 2.75) is 19.8 Å². The van der Waals surface area contributed by atoms with Gasteiger partial charge < -0.3 is 5.11 Å². The van der Waals surface area contributed by atoms with E-state index in [2.05, 4.69) is 9.97 Å².